The van der Waals surface area contributed by atoms with E-state index in [9.17, 15) is 9.59 Å². The minimum Gasteiger partial charge on any atom is -0.454 e. The molecule has 1 N–H and O–H groups in total. The Kier molecular flexibility index (Phi) is 6.83. The molecule has 0 radical (unpaired) electrons. The van der Waals surface area contributed by atoms with E-state index >= 15 is 0 Å². The van der Waals surface area contributed by atoms with Gasteiger partial charge < -0.3 is 14.8 Å². The van der Waals surface area contributed by atoms with Crippen LogP contribution in [0.3, 0.4) is 0 Å². The first-order valence-electron chi connectivity index (χ1n) is 9.74. The minimum atomic E-state index is -0.0861. The van der Waals surface area contributed by atoms with Gasteiger partial charge in [-0.1, -0.05) is 47.8 Å². The van der Waals surface area contributed by atoms with Crippen molar-refractivity contribution in [1.82, 2.24) is 15.1 Å². The summed E-state index contributed by atoms with van der Waals surface area (Å²) in [6.07, 6.45) is 4.54. The van der Waals surface area contributed by atoms with E-state index in [1.165, 1.54) is 23.1 Å². The highest BCUT2D eigenvalue weighted by molar-refractivity contribution is 8.26. The zero-order chi connectivity index (χ0) is 21.8. The molecule has 3 heterocycles. The number of thiocarbonyl (C=S) groups is 1. The second kappa shape index (κ2) is 9.75. The number of nitrogens with zero attached hydrogens (tertiary/aromatic N) is 3. The molecule has 4 rings (SSSR count). The van der Waals surface area contributed by atoms with E-state index in [1.54, 1.807) is 4.90 Å². The van der Waals surface area contributed by atoms with Gasteiger partial charge in [0.2, 0.25) is 17.8 Å². The van der Waals surface area contributed by atoms with Gasteiger partial charge in [-0.15, -0.1) is 10.2 Å². The molecule has 0 aliphatic carbocycles. The summed E-state index contributed by atoms with van der Waals surface area (Å²) in [7, 11) is 0. The Labute approximate surface area is 193 Å². The zero-order valence-electron chi connectivity index (χ0n) is 16.8. The molecule has 0 bridgehead atoms. The molecule has 8 nitrogen and oxygen atoms in total. The summed E-state index contributed by atoms with van der Waals surface area (Å²) < 4.78 is 11.3. The van der Waals surface area contributed by atoms with Crippen LogP contribution < -0.4 is 14.8 Å². The number of hydrogen-bond acceptors (Lipinski definition) is 9. The summed E-state index contributed by atoms with van der Waals surface area (Å²) >= 11 is 8.04. The van der Waals surface area contributed by atoms with Gasteiger partial charge in [0.25, 0.3) is 5.91 Å². The first kappa shape index (κ1) is 21.7. The number of ether oxygens (including phenoxy) is 2. The van der Waals surface area contributed by atoms with Crippen LogP contribution >= 0.6 is 35.3 Å². The molecule has 2 aromatic rings. The topological polar surface area (TPSA) is 93.7 Å². The highest BCUT2D eigenvalue weighted by Crippen LogP contribution is 2.36. The lowest BCUT2D eigenvalue weighted by molar-refractivity contribution is -0.122. The largest absolute Gasteiger partial charge is 0.454 e. The van der Waals surface area contributed by atoms with E-state index in [0.29, 0.717) is 38.8 Å². The molecule has 1 aromatic heterocycles. The third-order valence-corrected chi connectivity index (χ3v) is 6.76. The Morgan fingerprint density at radius 3 is 2.90 bits per heavy atom. The number of amides is 2. The van der Waals surface area contributed by atoms with Crippen molar-refractivity contribution in [3.05, 3.63) is 33.7 Å². The maximum absolute atomic E-state index is 12.7. The standard InChI is InChI=1S/C20H20N4O4S3/c1-12-22-23-19(30-12)21-17(25)5-3-2-4-8-24-18(26)16(31-20(24)29)10-13-6-7-14-15(9-13)28-11-27-14/h6-7,9-10H,2-5,8,11H2,1H3,(H,21,23,25)/b16-10-. The van der Waals surface area contributed by atoms with Crippen molar-refractivity contribution in [1.29, 1.82) is 0 Å². The quantitative estimate of drug-likeness (QED) is 0.347. The van der Waals surface area contributed by atoms with E-state index in [1.807, 2.05) is 31.2 Å². The average molecular weight is 477 g/mol. The fourth-order valence-corrected chi connectivity index (χ4v) is 5.02. The molecule has 1 saturated heterocycles. The monoisotopic (exact) mass is 476 g/mol. The lowest BCUT2D eigenvalue weighted by Crippen LogP contribution is -2.29. The Morgan fingerprint density at radius 1 is 1.26 bits per heavy atom. The molecule has 2 aliphatic rings. The third-order valence-electron chi connectivity index (χ3n) is 4.63. The molecule has 0 atom stereocenters. The molecule has 31 heavy (non-hydrogen) atoms. The van der Waals surface area contributed by atoms with Gasteiger partial charge in [-0.3, -0.25) is 14.5 Å². The van der Waals surface area contributed by atoms with E-state index in [4.69, 9.17) is 21.7 Å². The van der Waals surface area contributed by atoms with Crippen molar-refractivity contribution in [2.45, 2.75) is 32.6 Å². The van der Waals surface area contributed by atoms with Crippen LogP contribution in [-0.2, 0) is 9.59 Å². The number of carbonyl (C=O) groups excluding carboxylic acids is 2. The van der Waals surface area contributed by atoms with Crippen LogP contribution in [0.2, 0.25) is 0 Å². The number of aryl methyl sites for hydroxylation is 1. The molecule has 0 saturated carbocycles. The first-order chi connectivity index (χ1) is 15.0. The number of rotatable bonds is 8. The van der Waals surface area contributed by atoms with Crippen molar-refractivity contribution in [2.24, 2.45) is 0 Å². The fourth-order valence-electron chi connectivity index (χ4n) is 3.11. The summed E-state index contributed by atoms with van der Waals surface area (Å²) in [5.41, 5.74) is 0.862. The van der Waals surface area contributed by atoms with Crippen molar-refractivity contribution >= 4 is 62.7 Å². The maximum Gasteiger partial charge on any atom is 0.266 e. The highest BCUT2D eigenvalue weighted by Gasteiger charge is 2.31. The molecule has 1 aromatic carbocycles. The van der Waals surface area contributed by atoms with Crippen molar-refractivity contribution in [3.63, 3.8) is 0 Å². The predicted octanol–water partition coefficient (Wildman–Crippen LogP) is 3.98. The van der Waals surface area contributed by atoms with E-state index < -0.39 is 0 Å². The first-order valence-corrected chi connectivity index (χ1v) is 11.8. The number of hydrogen-bond donors (Lipinski definition) is 1. The average Bonchev–Trinajstić information content (AvgIpc) is 3.43. The number of aromatic nitrogens is 2. The number of anilines is 1. The van der Waals surface area contributed by atoms with E-state index in [2.05, 4.69) is 15.5 Å². The second-order valence-electron chi connectivity index (χ2n) is 6.93. The normalized spacial score (nSPS) is 16.4. The minimum absolute atomic E-state index is 0.0755. The van der Waals surface area contributed by atoms with Gasteiger partial charge in [-0.05, 0) is 43.5 Å². The van der Waals surface area contributed by atoms with Crippen molar-refractivity contribution < 1.29 is 19.1 Å². The van der Waals surface area contributed by atoms with Gasteiger partial charge in [0.05, 0.1) is 4.91 Å². The Balaban J connectivity index is 1.22. The maximum atomic E-state index is 12.7. The summed E-state index contributed by atoms with van der Waals surface area (Å²) in [4.78, 5) is 26.9. The molecule has 1 fully saturated rings. The summed E-state index contributed by atoms with van der Waals surface area (Å²) in [6, 6.07) is 5.56. The lowest BCUT2D eigenvalue weighted by Gasteiger charge is -2.14. The third kappa shape index (κ3) is 5.41. The molecular formula is C20H20N4O4S3. The van der Waals surface area contributed by atoms with Crippen molar-refractivity contribution in [3.8, 4) is 11.5 Å². The van der Waals surface area contributed by atoms with Crippen LogP contribution in [-0.4, -0.2) is 44.6 Å². The SMILES string of the molecule is Cc1nnc(NC(=O)CCCCCN2C(=O)/C(=C/c3ccc4c(c3)OCO4)SC2=S)s1. The lowest BCUT2D eigenvalue weighted by atomic mass is 10.1. The van der Waals surface area contributed by atoms with Gasteiger partial charge in [-0.2, -0.15) is 0 Å². The Morgan fingerprint density at radius 2 is 2.10 bits per heavy atom. The van der Waals surface area contributed by atoms with E-state index in [-0.39, 0.29) is 18.6 Å². The number of unbranched alkanes of at least 4 members (excludes halogenated alkanes) is 2. The number of nitrogens with one attached hydrogen (secondary N) is 1. The number of benzene rings is 1. The number of carbonyl (C=O) groups is 2. The molecule has 11 heteroatoms. The van der Waals surface area contributed by atoms with Gasteiger partial charge in [0.15, 0.2) is 11.5 Å². The number of thioether (sulfide) groups is 1. The van der Waals surface area contributed by atoms with E-state index in [0.717, 1.165) is 29.8 Å². The van der Waals surface area contributed by atoms with Crippen LogP contribution in [0.15, 0.2) is 23.1 Å². The second-order valence-corrected chi connectivity index (χ2v) is 9.79. The molecule has 162 valence electrons. The Hall–Kier alpha value is -2.50. The predicted molar refractivity (Wildman–Crippen MR) is 124 cm³/mol. The van der Waals surface area contributed by atoms with Gasteiger partial charge in [0, 0.05) is 13.0 Å². The van der Waals surface area contributed by atoms with Gasteiger partial charge >= 0.3 is 0 Å². The van der Waals surface area contributed by atoms with Crippen LogP contribution in [0.25, 0.3) is 6.08 Å². The molecule has 0 unspecified atom stereocenters. The van der Waals surface area contributed by atoms with Gasteiger partial charge in [0.1, 0.15) is 9.33 Å². The van der Waals surface area contributed by atoms with Crippen LogP contribution in [0.4, 0.5) is 5.13 Å². The van der Waals surface area contributed by atoms with Crippen LogP contribution in [0.5, 0.6) is 11.5 Å². The Bertz CT molecular complexity index is 1050. The smallest absolute Gasteiger partial charge is 0.266 e. The summed E-state index contributed by atoms with van der Waals surface area (Å²) in [6.45, 7) is 2.59. The summed E-state index contributed by atoms with van der Waals surface area (Å²) in [5, 5.41) is 11.8. The molecule has 2 aliphatic heterocycles. The van der Waals surface area contributed by atoms with Crippen molar-refractivity contribution in [2.75, 3.05) is 18.7 Å². The molecule has 2 amide bonds. The fraction of sp³-hybridized carbons (Fsp3) is 0.350. The number of fused-ring (bicyclic) bond motifs is 1. The van der Waals surface area contributed by atoms with Crippen LogP contribution in [0, 0.1) is 6.92 Å². The molecule has 0 spiro atoms. The zero-order valence-corrected chi connectivity index (χ0v) is 19.2. The van der Waals surface area contributed by atoms with Crippen LogP contribution in [0.1, 0.15) is 36.3 Å². The molecular weight excluding hydrogens is 456 g/mol. The highest BCUT2D eigenvalue weighted by atomic mass is 32.2. The summed E-state index contributed by atoms with van der Waals surface area (Å²) in [5.74, 6) is 1.22. The van der Waals surface area contributed by atoms with Gasteiger partial charge in [-0.25, -0.2) is 0 Å².